The van der Waals surface area contributed by atoms with Crippen LogP contribution in [0.1, 0.15) is 219 Å². The van der Waals surface area contributed by atoms with Gasteiger partial charge in [0.1, 0.15) is 0 Å². The Balaban J connectivity index is 2.63. The van der Waals surface area contributed by atoms with Crippen molar-refractivity contribution in [2.45, 2.75) is 219 Å². The van der Waals surface area contributed by atoms with Gasteiger partial charge in [-0.05, 0) is 30.5 Å². The first kappa shape index (κ1) is 49.0. The van der Waals surface area contributed by atoms with E-state index in [0.717, 1.165) is 32.1 Å². The standard InChI is InChI=1S/C44H79NO7S/c1-5-7-9-11-13-15-17-19-21-23-25-27-29-31-43(46)51-41-34-33-39(40(36-45-38(3)4)37-53(48,49)50)35-42(41)52-44(47)32-30-28-26-24-22-20-18-16-14-12-10-8-6-2/h33-35,38,40,45H,5-32,36-37H2,1-4H3,(H,48,49,50). The molecule has 0 aliphatic carbocycles. The van der Waals surface area contributed by atoms with Gasteiger partial charge in [-0.2, -0.15) is 8.42 Å². The molecule has 0 saturated carbocycles. The lowest BCUT2D eigenvalue weighted by Crippen LogP contribution is -2.31. The predicted molar refractivity (Wildman–Crippen MR) is 221 cm³/mol. The zero-order valence-electron chi connectivity index (χ0n) is 34.4. The number of rotatable bonds is 36. The number of esters is 2. The number of hydrogen-bond acceptors (Lipinski definition) is 7. The van der Waals surface area contributed by atoms with E-state index in [0.29, 0.717) is 18.5 Å². The average molecular weight is 766 g/mol. The minimum atomic E-state index is -4.28. The van der Waals surface area contributed by atoms with Crippen LogP contribution in [0.4, 0.5) is 0 Å². The van der Waals surface area contributed by atoms with E-state index < -0.39 is 27.8 Å². The van der Waals surface area contributed by atoms with Gasteiger partial charge in [0.05, 0.1) is 5.75 Å². The Morgan fingerprint density at radius 3 is 1.30 bits per heavy atom. The van der Waals surface area contributed by atoms with Crippen molar-refractivity contribution in [1.82, 2.24) is 5.32 Å². The van der Waals surface area contributed by atoms with Crippen molar-refractivity contribution in [3.05, 3.63) is 23.8 Å². The fourth-order valence-corrected chi connectivity index (χ4v) is 7.59. The summed E-state index contributed by atoms with van der Waals surface area (Å²) >= 11 is 0. The van der Waals surface area contributed by atoms with Crippen LogP contribution >= 0.6 is 0 Å². The van der Waals surface area contributed by atoms with Gasteiger partial charge < -0.3 is 14.8 Å². The molecule has 0 aliphatic rings. The molecule has 0 aromatic heterocycles. The Bertz CT molecular complexity index is 1170. The molecule has 1 rings (SSSR count). The number of carbonyl (C=O) groups excluding carboxylic acids is 2. The number of benzene rings is 1. The van der Waals surface area contributed by atoms with Crippen LogP contribution in [0.15, 0.2) is 18.2 Å². The molecule has 1 unspecified atom stereocenters. The third-order valence-electron chi connectivity index (χ3n) is 10.0. The molecule has 8 nitrogen and oxygen atoms in total. The first-order chi connectivity index (χ1) is 25.6. The number of hydrogen-bond donors (Lipinski definition) is 2. The minimum Gasteiger partial charge on any atom is -0.423 e. The molecule has 0 heterocycles. The van der Waals surface area contributed by atoms with E-state index in [9.17, 15) is 22.6 Å². The smallest absolute Gasteiger partial charge is 0.311 e. The Hall–Kier alpha value is -1.97. The van der Waals surface area contributed by atoms with Crippen LogP contribution in [-0.4, -0.2) is 43.2 Å². The molecule has 1 aromatic carbocycles. The molecule has 0 fully saturated rings. The number of ether oxygens (including phenoxy) is 2. The van der Waals surface area contributed by atoms with Crippen LogP contribution in [0, 0.1) is 0 Å². The molecule has 1 atom stereocenters. The van der Waals surface area contributed by atoms with Crippen molar-refractivity contribution in [2.24, 2.45) is 0 Å². The van der Waals surface area contributed by atoms with Crippen molar-refractivity contribution in [3.63, 3.8) is 0 Å². The van der Waals surface area contributed by atoms with Gasteiger partial charge in [-0.1, -0.05) is 188 Å². The highest BCUT2D eigenvalue weighted by atomic mass is 32.2. The Morgan fingerprint density at radius 2 is 0.943 bits per heavy atom. The molecule has 0 spiro atoms. The summed E-state index contributed by atoms with van der Waals surface area (Å²) in [6, 6.07) is 4.92. The van der Waals surface area contributed by atoms with Gasteiger partial charge in [-0.3, -0.25) is 14.1 Å². The van der Waals surface area contributed by atoms with E-state index in [1.807, 2.05) is 13.8 Å². The van der Waals surface area contributed by atoms with Gasteiger partial charge in [-0.15, -0.1) is 0 Å². The van der Waals surface area contributed by atoms with Gasteiger partial charge in [0.15, 0.2) is 11.5 Å². The summed E-state index contributed by atoms with van der Waals surface area (Å²) in [7, 11) is -4.28. The summed E-state index contributed by atoms with van der Waals surface area (Å²) in [4.78, 5) is 25.8. The Labute approximate surface area is 325 Å². The van der Waals surface area contributed by atoms with Gasteiger partial charge in [0.25, 0.3) is 10.1 Å². The number of unbranched alkanes of at least 4 members (excludes halogenated alkanes) is 24. The van der Waals surface area contributed by atoms with Crippen LogP contribution in [0.25, 0.3) is 0 Å². The van der Waals surface area contributed by atoms with Crippen LogP contribution < -0.4 is 14.8 Å². The number of nitrogens with one attached hydrogen (secondary N) is 1. The number of carbonyl (C=O) groups is 2. The third kappa shape index (κ3) is 29.1. The highest BCUT2D eigenvalue weighted by Gasteiger charge is 2.23. The van der Waals surface area contributed by atoms with E-state index >= 15 is 0 Å². The lowest BCUT2D eigenvalue weighted by atomic mass is 10.00. The second-order valence-corrected chi connectivity index (χ2v) is 17.1. The van der Waals surface area contributed by atoms with E-state index in [-0.39, 0.29) is 36.4 Å². The average Bonchev–Trinajstić information content (AvgIpc) is 3.11. The molecule has 0 aliphatic heterocycles. The summed E-state index contributed by atoms with van der Waals surface area (Å²) in [6.45, 7) is 8.70. The molecule has 0 bridgehead atoms. The van der Waals surface area contributed by atoms with Crippen molar-refractivity contribution < 1.29 is 32.0 Å². The third-order valence-corrected chi connectivity index (χ3v) is 10.9. The van der Waals surface area contributed by atoms with Crippen LogP contribution in [-0.2, 0) is 19.7 Å². The molecule has 0 amide bonds. The molecule has 308 valence electrons. The highest BCUT2D eigenvalue weighted by Crippen LogP contribution is 2.33. The first-order valence-corrected chi connectivity index (χ1v) is 23.4. The van der Waals surface area contributed by atoms with Crippen molar-refractivity contribution >= 4 is 22.1 Å². The predicted octanol–water partition coefficient (Wildman–Crippen LogP) is 12.4. The normalized spacial score (nSPS) is 12.3. The highest BCUT2D eigenvalue weighted by molar-refractivity contribution is 7.85. The molecule has 0 saturated heterocycles. The zero-order chi connectivity index (χ0) is 39.0. The molecule has 53 heavy (non-hydrogen) atoms. The monoisotopic (exact) mass is 766 g/mol. The zero-order valence-corrected chi connectivity index (χ0v) is 35.2. The van der Waals surface area contributed by atoms with Gasteiger partial charge in [0, 0.05) is 31.3 Å². The van der Waals surface area contributed by atoms with Gasteiger partial charge in [-0.25, -0.2) is 0 Å². The summed E-state index contributed by atoms with van der Waals surface area (Å²) in [5.74, 6) is -1.63. The second kappa shape index (κ2) is 32.3. The summed E-state index contributed by atoms with van der Waals surface area (Å²) < 4.78 is 44.9. The SMILES string of the molecule is CCCCCCCCCCCCCCCC(=O)Oc1ccc(C(CNC(C)C)CS(=O)(=O)O)cc1OC(=O)CCCCCCCCCCCCCCC. The largest absolute Gasteiger partial charge is 0.423 e. The van der Waals surface area contributed by atoms with Crippen LogP contribution in [0.5, 0.6) is 11.5 Å². The second-order valence-electron chi connectivity index (χ2n) is 15.6. The van der Waals surface area contributed by atoms with Crippen molar-refractivity contribution in [1.29, 1.82) is 0 Å². The lowest BCUT2D eigenvalue weighted by Gasteiger charge is -2.20. The fourth-order valence-electron chi connectivity index (χ4n) is 6.77. The van der Waals surface area contributed by atoms with E-state index in [4.69, 9.17) is 9.47 Å². The molecule has 1 aromatic rings. The molecule has 9 heteroatoms. The van der Waals surface area contributed by atoms with Gasteiger partial charge in [0.2, 0.25) is 0 Å². The molecule has 0 radical (unpaired) electrons. The first-order valence-electron chi connectivity index (χ1n) is 21.8. The minimum absolute atomic E-state index is 0.0989. The van der Waals surface area contributed by atoms with E-state index in [1.54, 1.807) is 18.2 Å². The maximum absolute atomic E-state index is 13.0. The Kier molecular flexibility index (Phi) is 29.9. The van der Waals surface area contributed by atoms with E-state index in [2.05, 4.69) is 19.2 Å². The quantitative estimate of drug-likeness (QED) is 0.0300. The maximum atomic E-state index is 13.0. The maximum Gasteiger partial charge on any atom is 0.311 e. The fraction of sp³-hybridized carbons (Fsp3) is 0.818. The summed E-state index contributed by atoms with van der Waals surface area (Å²) in [5.41, 5.74) is 0.566. The molecule has 2 N–H and O–H groups in total. The summed E-state index contributed by atoms with van der Waals surface area (Å²) in [6.07, 6.45) is 32.2. The lowest BCUT2D eigenvalue weighted by molar-refractivity contribution is -0.137. The molecular formula is C44H79NO7S. The van der Waals surface area contributed by atoms with Crippen molar-refractivity contribution in [2.75, 3.05) is 12.3 Å². The van der Waals surface area contributed by atoms with E-state index in [1.165, 1.54) is 128 Å². The topological polar surface area (TPSA) is 119 Å². The van der Waals surface area contributed by atoms with Crippen molar-refractivity contribution in [3.8, 4) is 11.5 Å². The summed E-state index contributed by atoms with van der Waals surface area (Å²) in [5, 5.41) is 3.23. The Morgan fingerprint density at radius 1 is 0.585 bits per heavy atom. The van der Waals surface area contributed by atoms with Gasteiger partial charge >= 0.3 is 11.9 Å². The van der Waals surface area contributed by atoms with Crippen LogP contribution in [0.2, 0.25) is 0 Å². The molecular weight excluding hydrogens is 687 g/mol. The van der Waals surface area contributed by atoms with Crippen LogP contribution in [0.3, 0.4) is 0 Å².